The maximum atomic E-state index is 12.6. The molecule has 0 radical (unpaired) electrons. The van der Waals surface area contributed by atoms with Crippen LogP contribution in [0.15, 0.2) is 21.2 Å². The lowest BCUT2D eigenvalue weighted by molar-refractivity contribution is 0.0617. The molecule has 0 saturated carbocycles. The van der Waals surface area contributed by atoms with Crippen molar-refractivity contribution in [2.45, 2.75) is 44.7 Å². The highest BCUT2D eigenvalue weighted by Crippen LogP contribution is 2.31. The zero-order valence-electron chi connectivity index (χ0n) is 11.8. The van der Waals surface area contributed by atoms with Gasteiger partial charge >= 0.3 is 0 Å². The summed E-state index contributed by atoms with van der Waals surface area (Å²) >= 11 is 3.27. The van der Waals surface area contributed by atoms with E-state index < -0.39 is 0 Å². The van der Waals surface area contributed by atoms with E-state index in [9.17, 15) is 4.79 Å². The number of amides is 1. The van der Waals surface area contributed by atoms with E-state index >= 15 is 0 Å². The first-order valence-electron chi connectivity index (χ1n) is 7.51. The third kappa shape index (κ3) is 2.53. The second kappa shape index (κ2) is 5.90. The molecule has 2 saturated heterocycles. The Morgan fingerprint density at radius 1 is 1.30 bits per heavy atom. The molecule has 4 nitrogen and oxygen atoms in total. The first-order chi connectivity index (χ1) is 9.70. The molecular weight excluding hydrogens is 320 g/mol. The first-order valence-corrected chi connectivity index (χ1v) is 8.30. The van der Waals surface area contributed by atoms with Gasteiger partial charge in [0.25, 0.3) is 5.91 Å². The summed E-state index contributed by atoms with van der Waals surface area (Å²) in [5, 5.41) is 0. The van der Waals surface area contributed by atoms with E-state index in [1.165, 1.54) is 19.4 Å². The van der Waals surface area contributed by atoms with E-state index in [0.29, 0.717) is 22.5 Å². The lowest BCUT2D eigenvalue weighted by atomic mass is 10.0. The molecule has 1 amide bonds. The maximum absolute atomic E-state index is 12.6. The van der Waals surface area contributed by atoms with Gasteiger partial charge in [0.15, 0.2) is 10.4 Å². The fourth-order valence-electron chi connectivity index (χ4n) is 3.70. The average molecular weight is 341 g/mol. The maximum Gasteiger partial charge on any atom is 0.289 e. The molecule has 0 spiro atoms. The van der Waals surface area contributed by atoms with Crippen molar-refractivity contribution >= 4 is 21.8 Å². The Morgan fingerprint density at radius 3 is 2.75 bits per heavy atom. The zero-order valence-corrected chi connectivity index (χ0v) is 13.4. The number of furan rings is 1. The molecule has 3 heterocycles. The molecule has 3 rings (SSSR count). The van der Waals surface area contributed by atoms with Gasteiger partial charge in [0.1, 0.15) is 0 Å². The molecule has 5 heteroatoms. The Balaban J connectivity index is 1.77. The van der Waals surface area contributed by atoms with Gasteiger partial charge in [-0.05, 0) is 66.8 Å². The summed E-state index contributed by atoms with van der Waals surface area (Å²) in [5.41, 5.74) is 0. The molecular formula is C15H21BrN2O2. The Hall–Kier alpha value is -0.810. The zero-order chi connectivity index (χ0) is 14.1. The van der Waals surface area contributed by atoms with E-state index in [4.69, 9.17) is 4.42 Å². The highest BCUT2D eigenvalue weighted by Gasteiger charge is 2.39. The average Bonchev–Trinajstić information content (AvgIpc) is 3.16. The molecule has 0 aliphatic carbocycles. The van der Waals surface area contributed by atoms with Crippen molar-refractivity contribution in [1.29, 1.82) is 0 Å². The number of nitrogens with zero attached hydrogens (tertiary/aromatic N) is 2. The molecule has 2 aliphatic heterocycles. The van der Waals surface area contributed by atoms with Crippen LogP contribution in [0.4, 0.5) is 0 Å². The number of likely N-dealkylation sites (N-methyl/N-ethyl adjacent to an activating group) is 1. The Bertz CT molecular complexity index is 488. The van der Waals surface area contributed by atoms with Gasteiger partial charge in [0.05, 0.1) is 0 Å². The topological polar surface area (TPSA) is 36.7 Å². The highest BCUT2D eigenvalue weighted by atomic mass is 79.9. The van der Waals surface area contributed by atoms with Gasteiger partial charge in [-0.2, -0.15) is 0 Å². The summed E-state index contributed by atoms with van der Waals surface area (Å²) in [5.74, 6) is 0.492. The third-order valence-electron chi connectivity index (χ3n) is 4.61. The number of likely N-dealkylation sites (tertiary alicyclic amines) is 2. The Morgan fingerprint density at radius 2 is 2.05 bits per heavy atom. The van der Waals surface area contributed by atoms with E-state index in [0.717, 1.165) is 25.9 Å². The van der Waals surface area contributed by atoms with Crippen LogP contribution in [0.25, 0.3) is 0 Å². The highest BCUT2D eigenvalue weighted by molar-refractivity contribution is 9.10. The number of carbonyl (C=O) groups is 1. The molecule has 0 bridgehead atoms. The molecule has 1 aromatic heterocycles. The molecule has 0 unspecified atom stereocenters. The van der Waals surface area contributed by atoms with Crippen LogP contribution >= 0.6 is 15.9 Å². The van der Waals surface area contributed by atoms with Crippen LogP contribution in [-0.2, 0) is 0 Å². The molecule has 2 aliphatic rings. The standard InChI is InChI=1S/C15H21BrN2O2/c1-2-17-9-3-5-11(17)12-6-4-10-18(12)15(19)13-7-8-14(16)20-13/h7-8,11-12H,2-6,9-10H2,1H3/t11-,12-/m1/s1. The van der Waals surface area contributed by atoms with Crippen molar-refractivity contribution < 1.29 is 9.21 Å². The summed E-state index contributed by atoms with van der Waals surface area (Å²) in [6.45, 7) is 5.32. The van der Waals surface area contributed by atoms with Crippen molar-refractivity contribution in [3.8, 4) is 0 Å². The van der Waals surface area contributed by atoms with E-state index in [2.05, 4.69) is 27.8 Å². The summed E-state index contributed by atoms with van der Waals surface area (Å²) in [7, 11) is 0. The predicted octanol–water partition coefficient (Wildman–Crippen LogP) is 3.13. The van der Waals surface area contributed by atoms with Gasteiger partial charge in [-0.3, -0.25) is 9.69 Å². The quantitative estimate of drug-likeness (QED) is 0.848. The normalized spacial score (nSPS) is 27.4. The fourth-order valence-corrected chi connectivity index (χ4v) is 4.00. The Kier molecular flexibility index (Phi) is 4.17. The summed E-state index contributed by atoms with van der Waals surface area (Å²) in [6, 6.07) is 4.43. The molecule has 2 fully saturated rings. The third-order valence-corrected chi connectivity index (χ3v) is 5.03. The van der Waals surface area contributed by atoms with E-state index in [1.807, 2.05) is 4.90 Å². The minimum absolute atomic E-state index is 0.0427. The van der Waals surface area contributed by atoms with Crippen molar-refractivity contribution in [2.24, 2.45) is 0 Å². The van der Waals surface area contributed by atoms with Crippen LogP contribution < -0.4 is 0 Å². The second-order valence-corrected chi connectivity index (χ2v) is 6.43. The van der Waals surface area contributed by atoms with Gasteiger partial charge < -0.3 is 9.32 Å². The van der Waals surface area contributed by atoms with Crippen LogP contribution in [0.1, 0.15) is 43.2 Å². The van der Waals surface area contributed by atoms with Crippen LogP contribution in [0.5, 0.6) is 0 Å². The smallest absolute Gasteiger partial charge is 0.289 e. The van der Waals surface area contributed by atoms with Gasteiger partial charge in [-0.25, -0.2) is 0 Å². The van der Waals surface area contributed by atoms with Gasteiger partial charge in [-0.1, -0.05) is 6.92 Å². The molecule has 20 heavy (non-hydrogen) atoms. The second-order valence-electron chi connectivity index (χ2n) is 5.65. The van der Waals surface area contributed by atoms with Gasteiger partial charge in [-0.15, -0.1) is 0 Å². The summed E-state index contributed by atoms with van der Waals surface area (Å²) in [6.07, 6.45) is 4.69. The monoisotopic (exact) mass is 340 g/mol. The molecule has 1 aromatic rings. The largest absolute Gasteiger partial charge is 0.444 e. The number of hydrogen-bond acceptors (Lipinski definition) is 3. The predicted molar refractivity (Wildman–Crippen MR) is 80.7 cm³/mol. The van der Waals surface area contributed by atoms with E-state index in [-0.39, 0.29) is 5.91 Å². The van der Waals surface area contributed by atoms with Crippen LogP contribution in [0.3, 0.4) is 0 Å². The SMILES string of the molecule is CCN1CCC[C@@H]1[C@H]1CCCN1C(=O)c1ccc(Br)o1. The van der Waals surface area contributed by atoms with Gasteiger partial charge in [0.2, 0.25) is 0 Å². The number of carbonyl (C=O) groups excluding carboxylic acids is 1. The number of halogens is 1. The van der Waals surface area contributed by atoms with Crippen molar-refractivity contribution in [3.63, 3.8) is 0 Å². The van der Waals surface area contributed by atoms with Crippen LogP contribution in [-0.4, -0.2) is 47.4 Å². The van der Waals surface area contributed by atoms with Crippen LogP contribution in [0, 0.1) is 0 Å². The van der Waals surface area contributed by atoms with Crippen molar-refractivity contribution in [1.82, 2.24) is 9.80 Å². The number of rotatable bonds is 3. The summed E-state index contributed by atoms with van der Waals surface area (Å²) < 4.78 is 6.05. The molecule has 0 aromatic carbocycles. The van der Waals surface area contributed by atoms with E-state index in [1.54, 1.807) is 12.1 Å². The molecule has 2 atom stereocenters. The first kappa shape index (κ1) is 14.1. The minimum Gasteiger partial charge on any atom is -0.444 e. The summed E-state index contributed by atoms with van der Waals surface area (Å²) in [4.78, 5) is 17.2. The molecule has 0 N–H and O–H groups in total. The number of hydrogen-bond donors (Lipinski definition) is 0. The lowest BCUT2D eigenvalue weighted by Crippen LogP contribution is -2.48. The minimum atomic E-state index is 0.0427. The Labute approximate surface area is 128 Å². The molecule has 110 valence electrons. The van der Waals surface area contributed by atoms with Crippen molar-refractivity contribution in [3.05, 3.63) is 22.6 Å². The van der Waals surface area contributed by atoms with Crippen LogP contribution in [0.2, 0.25) is 0 Å². The lowest BCUT2D eigenvalue weighted by Gasteiger charge is -2.34. The van der Waals surface area contributed by atoms with Crippen molar-refractivity contribution in [2.75, 3.05) is 19.6 Å². The fraction of sp³-hybridized carbons (Fsp3) is 0.667. The van der Waals surface area contributed by atoms with Gasteiger partial charge in [0, 0.05) is 18.6 Å².